The molecule has 0 saturated heterocycles. The predicted molar refractivity (Wildman–Crippen MR) is 94.7 cm³/mol. The van der Waals surface area contributed by atoms with Crippen LogP contribution in [0.5, 0.6) is 0 Å². The van der Waals surface area contributed by atoms with Crippen LogP contribution in [0.3, 0.4) is 0 Å². The first-order chi connectivity index (χ1) is 11.2. The fraction of sp³-hybridized carbons (Fsp3) is 0.222. The Bertz CT molecular complexity index is 743. The van der Waals surface area contributed by atoms with Crippen LogP contribution in [-0.4, -0.2) is 38.3 Å². The zero-order chi connectivity index (χ0) is 16.2. The Morgan fingerprint density at radius 1 is 1.22 bits per heavy atom. The first-order valence-corrected chi connectivity index (χ1v) is 7.93. The highest BCUT2D eigenvalue weighted by Crippen LogP contribution is 2.29. The van der Waals surface area contributed by atoms with E-state index < -0.39 is 0 Å². The molecule has 1 heterocycles. The number of hydrogen-bond donors (Lipinski definition) is 1. The summed E-state index contributed by atoms with van der Waals surface area (Å²) in [6.45, 7) is 1.45. The average Bonchev–Trinajstić information content (AvgIpc) is 2.70. The molecule has 0 spiro atoms. The Morgan fingerprint density at radius 3 is 2.74 bits per heavy atom. The van der Waals surface area contributed by atoms with Crippen LogP contribution < -0.4 is 10.2 Å². The number of nitrogens with one attached hydrogen (secondary N) is 1. The summed E-state index contributed by atoms with van der Waals surface area (Å²) in [5.41, 5.74) is 3.54. The van der Waals surface area contributed by atoms with Crippen molar-refractivity contribution in [2.24, 2.45) is 4.99 Å². The van der Waals surface area contributed by atoms with Crippen LogP contribution in [-0.2, 0) is 4.79 Å². The molecule has 0 fully saturated rings. The van der Waals surface area contributed by atoms with Crippen molar-refractivity contribution in [3.05, 3.63) is 64.7 Å². The van der Waals surface area contributed by atoms with Crippen molar-refractivity contribution < 1.29 is 4.79 Å². The highest BCUT2D eigenvalue weighted by Gasteiger charge is 2.24. The number of halogens is 1. The van der Waals surface area contributed by atoms with Gasteiger partial charge in [0.1, 0.15) is 6.54 Å². The molecule has 1 N–H and O–H groups in total. The Labute approximate surface area is 140 Å². The first kappa shape index (κ1) is 15.7. The monoisotopic (exact) mass is 327 g/mol. The maximum absolute atomic E-state index is 12.5. The number of rotatable bonds is 4. The van der Waals surface area contributed by atoms with Gasteiger partial charge in [-0.25, -0.2) is 0 Å². The van der Waals surface area contributed by atoms with Gasteiger partial charge in [-0.15, -0.1) is 0 Å². The average molecular weight is 328 g/mol. The molecule has 0 aliphatic carbocycles. The van der Waals surface area contributed by atoms with Crippen molar-refractivity contribution in [1.29, 1.82) is 0 Å². The van der Waals surface area contributed by atoms with Crippen LogP contribution in [0.4, 0.5) is 5.69 Å². The topological polar surface area (TPSA) is 44.7 Å². The second-order valence-corrected chi connectivity index (χ2v) is 5.78. The fourth-order valence-corrected chi connectivity index (χ4v) is 2.87. The number of amides is 1. The second kappa shape index (κ2) is 6.94. The molecule has 2 aromatic carbocycles. The van der Waals surface area contributed by atoms with Gasteiger partial charge in [0.2, 0.25) is 5.91 Å². The third-order valence-electron chi connectivity index (χ3n) is 3.81. The Morgan fingerprint density at radius 2 is 2.00 bits per heavy atom. The molecule has 5 heteroatoms. The van der Waals surface area contributed by atoms with Crippen molar-refractivity contribution in [2.45, 2.75) is 0 Å². The third kappa shape index (κ3) is 3.28. The quantitative estimate of drug-likeness (QED) is 0.938. The fourth-order valence-electron chi connectivity index (χ4n) is 2.70. The molecular weight excluding hydrogens is 310 g/mol. The summed E-state index contributed by atoms with van der Waals surface area (Å²) in [6.07, 6.45) is 0. The lowest BCUT2D eigenvalue weighted by Crippen LogP contribution is -2.37. The predicted octanol–water partition coefficient (Wildman–Crippen LogP) is 2.74. The second-order valence-electron chi connectivity index (χ2n) is 5.34. The largest absolute Gasteiger partial charge is 0.318 e. The molecule has 118 valence electrons. The lowest BCUT2D eigenvalue weighted by atomic mass is 10.00. The lowest BCUT2D eigenvalue weighted by molar-refractivity contribution is -0.117. The number of benzene rings is 2. The smallest absolute Gasteiger partial charge is 0.248 e. The Kier molecular flexibility index (Phi) is 4.74. The molecule has 0 aromatic heterocycles. The first-order valence-electron chi connectivity index (χ1n) is 7.55. The summed E-state index contributed by atoms with van der Waals surface area (Å²) in [6, 6.07) is 15.5. The molecule has 1 aliphatic rings. The van der Waals surface area contributed by atoms with Gasteiger partial charge in [0, 0.05) is 29.2 Å². The standard InChI is InChI=1S/C18H18ClN3O/c1-20-9-10-22-16-8-7-14(19)11-15(16)18(21-12-17(22)23)13-5-3-2-4-6-13/h2-8,11,20H,9-10,12H2,1H3. The molecular formula is C18H18ClN3O. The molecule has 0 atom stereocenters. The third-order valence-corrected chi connectivity index (χ3v) is 4.05. The van der Waals surface area contributed by atoms with E-state index in [2.05, 4.69) is 10.3 Å². The van der Waals surface area contributed by atoms with Crippen molar-refractivity contribution in [2.75, 3.05) is 31.6 Å². The highest BCUT2D eigenvalue weighted by atomic mass is 35.5. The van der Waals surface area contributed by atoms with E-state index in [-0.39, 0.29) is 12.5 Å². The van der Waals surface area contributed by atoms with Crippen molar-refractivity contribution in [3.63, 3.8) is 0 Å². The van der Waals surface area contributed by atoms with Crippen molar-refractivity contribution in [1.82, 2.24) is 5.32 Å². The van der Waals surface area contributed by atoms with Gasteiger partial charge in [-0.05, 0) is 25.2 Å². The van der Waals surface area contributed by atoms with Crippen LogP contribution in [0, 0.1) is 0 Å². The molecule has 0 saturated carbocycles. The van der Waals surface area contributed by atoms with Gasteiger partial charge in [0.25, 0.3) is 0 Å². The van der Waals surface area contributed by atoms with Crippen LogP contribution in [0.25, 0.3) is 0 Å². The van der Waals surface area contributed by atoms with E-state index in [4.69, 9.17) is 11.6 Å². The van der Waals surface area contributed by atoms with E-state index >= 15 is 0 Å². The van der Waals surface area contributed by atoms with Gasteiger partial charge in [0.05, 0.1) is 11.4 Å². The van der Waals surface area contributed by atoms with E-state index in [0.717, 1.165) is 22.5 Å². The molecule has 4 nitrogen and oxygen atoms in total. The number of hydrogen-bond acceptors (Lipinski definition) is 3. The number of fused-ring (bicyclic) bond motifs is 1. The summed E-state index contributed by atoms with van der Waals surface area (Å²) >= 11 is 6.20. The molecule has 0 radical (unpaired) electrons. The number of carbonyl (C=O) groups is 1. The number of likely N-dealkylation sites (N-methyl/N-ethyl adjacent to an activating group) is 1. The number of anilines is 1. The lowest BCUT2D eigenvalue weighted by Gasteiger charge is -2.23. The molecule has 0 bridgehead atoms. The van der Waals surface area contributed by atoms with Gasteiger partial charge in [-0.2, -0.15) is 0 Å². The number of aliphatic imine (C=N–C) groups is 1. The van der Waals surface area contributed by atoms with Gasteiger partial charge < -0.3 is 10.2 Å². The molecule has 3 rings (SSSR count). The van der Waals surface area contributed by atoms with E-state index in [1.807, 2.05) is 55.6 Å². The number of carbonyl (C=O) groups excluding carboxylic acids is 1. The Balaban J connectivity index is 2.12. The molecule has 2 aromatic rings. The summed E-state index contributed by atoms with van der Waals surface area (Å²) < 4.78 is 0. The summed E-state index contributed by atoms with van der Waals surface area (Å²) in [7, 11) is 1.87. The normalized spacial score (nSPS) is 14.3. The summed E-state index contributed by atoms with van der Waals surface area (Å²) in [5.74, 6) is -0.00486. The van der Waals surface area contributed by atoms with E-state index in [9.17, 15) is 4.79 Å². The maximum Gasteiger partial charge on any atom is 0.248 e. The number of nitrogens with zero attached hydrogens (tertiary/aromatic N) is 2. The maximum atomic E-state index is 12.5. The summed E-state index contributed by atoms with van der Waals surface area (Å²) in [4.78, 5) is 18.8. The Hall–Kier alpha value is -2.17. The van der Waals surface area contributed by atoms with Crippen LogP contribution >= 0.6 is 11.6 Å². The number of benzodiazepines with no additional fused rings is 1. The van der Waals surface area contributed by atoms with E-state index in [0.29, 0.717) is 18.1 Å². The highest BCUT2D eigenvalue weighted by molar-refractivity contribution is 6.32. The summed E-state index contributed by atoms with van der Waals surface area (Å²) in [5, 5.41) is 3.72. The zero-order valence-electron chi connectivity index (χ0n) is 12.9. The minimum Gasteiger partial charge on any atom is -0.318 e. The van der Waals surface area contributed by atoms with Gasteiger partial charge in [-0.1, -0.05) is 41.9 Å². The van der Waals surface area contributed by atoms with Crippen LogP contribution in [0.15, 0.2) is 53.5 Å². The van der Waals surface area contributed by atoms with Crippen molar-refractivity contribution in [3.8, 4) is 0 Å². The van der Waals surface area contributed by atoms with Gasteiger partial charge >= 0.3 is 0 Å². The van der Waals surface area contributed by atoms with Gasteiger partial charge in [-0.3, -0.25) is 9.79 Å². The van der Waals surface area contributed by atoms with E-state index in [1.165, 1.54) is 0 Å². The van der Waals surface area contributed by atoms with Crippen LogP contribution in [0.1, 0.15) is 11.1 Å². The zero-order valence-corrected chi connectivity index (χ0v) is 13.7. The molecule has 0 unspecified atom stereocenters. The van der Waals surface area contributed by atoms with Gasteiger partial charge in [0.15, 0.2) is 0 Å². The molecule has 1 amide bonds. The molecule has 23 heavy (non-hydrogen) atoms. The molecule has 1 aliphatic heterocycles. The van der Waals surface area contributed by atoms with E-state index in [1.54, 1.807) is 4.90 Å². The minimum absolute atomic E-state index is 0.00486. The van der Waals surface area contributed by atoms with Crippen LogP contribution in [0.2, 0.25) is 5.02 Å². The minimum atomic E-state index is -0.00486. The SMILES string of the molecule is CNCCN1C(=O)CN=C(c2ccccc2)c2cc(Cl)ccc21. The van der Waals surface area contributed by atoms with Crippen molar-refractivity contribution >= 4 is 28.9 Å².